The Hall–Kier alpha value is -3.00. The maximum Gasteiger partial charge on any atom is 0.417 e. The number of anilines is 1. The number of pyridine rings is 1. The molecule has 0 aliphatic rings. The molecule has 0 fully saturated rings. The van der Waals surface area contributed by atoms with Crippen molar-refractivity contribution in [1.82, 2.24) is 4.98 Å². The van der Waals surface area contributed by atoms with Gasteiger partial charge >= 0.3 is 6.18 Å². The third kappa shape index (κ3) is 6.11. The molecule has 34 heavy (non-hydrogen) atoms. The van der Waals surface area contributed by atoms with Crippen molar-refractivity contribution in [1.29, 1.82) is 0 Å². The SMILES string of the molecule is CC(C)C(N)=N[C@@](C)(CS(=O)O)c1c(F)c(F)cc(NC(=O)c2ccc(C(F)(F)F)cn2)c1F. The van der Waals surface area contributed by atoms with Crippen LogP contribution in [0.1, 0.15) is 42.4 Å². The first kappa shape index (κ1) is 27.2. The number of alkyl halides is 3. The molecule has 2 atom stereocenters. The number of carbonyl (C=O) groups is 1. The van der Waals surface area contributed by atoms with Crippen LogP contribution >= 0.6 is 0 Å². The summed E-state index contributed by atoms with van der Waals surface area (Å²) >= 11 is -2.65. The summed E-state index contributed by atoms with van der Waals surface area (Å²) < 4.78 is 103. The number of benzene rings is 1. The van der Waals surface area contributed by atoms with Crippen LogP contribution in [0.25, 0.3) is 0 Å². The lowest BCUT2D eigenvalue weighted by molar-refractivity contribution is -0.137. The van der Waals surface area contributed by atoms with E-state index in [4.69, 9.17) is 5.73 Å². The Labute approximate surface area is 192 Å². The predicted octanol–water partition coefficient (Wildman–Crippen LogP) is 4.22. The van der Waals surface area contributed by atoms with Gasteiger partial charge in [-0.15, -0.1) is 0 Å². The van der Waals surface area contributed by atoms with Gasteiger partial charge in [0.05, 0.1) is 28.4 Å². The second kappa shape index (κ2) is 10.1. The highest BCUT2D eigenvalue weighted by molar-refractivity contribution is 7.79. The zero-order valence-corrected chi connectivity index (χ0v) is 18.8. The summed E-state index contributed by atoms with van der Waals surface area (Å²) in [6, 6.07) is 1.58. The number of hydrogen-bond acceptors (Lipinski definition) is 4. The Kier molecular flexibility index (Phi) is 8.09. The van der Waals surface area contributed by atoms with Gasteiger partial charge in [-0.2, -0.15) is 13.2 Å². The summed E-state index contributed by atoms with van der Waals surface area (Å²) in [7, 11) is 0. The van der Waals surface area contributed by atoms with Crippen LogP contribution in [-0.4, -0.2) is 31.2 Å². The van der Waals surface area contributed by atoms with Crippen molar-refractivity contribution in [2.24, 2.45) is 16.6 Å². The number of halogens is 6. The minimum Gasteiger partial charge on any atom is -0.387 e. The second-order valence-corrected chi connectivity index (χ2v) is 8.66. The number of aromatic nitrogens is 1. The Bertz CT molecular complexity index is 1140. The Balaban J connectivity index is 2.57. The molecule has 2 rings (SSSR count). The lowest BCUT2D eigenvalue weighted by Crippen LogP contribution is -2.34. The van der Waals surface area contributed by atoms with Crippen molar-refractivity contribution < 1.29 is 39.9 Å². The molecule has 4 N–H and O–H groups in total. The van der Waals surface area contributed by atoms with E-state index in [0.29, 0.717) is 24.4 Å². The maximum absolute atomic E-state index is 15.3. The van der Waals surface area contributed by atoms with Crippen LogP contribution in [0.2, 0.25) is 0 Å². The summed E-state index contributed by atoms with van der Waals surface area (Å²) in [5.41, 5.74) is -0.0713. The van der Waals surface area contributed by atoms with E-state index in [2.05, 4.69) is 9.98 Å². The Morgan fingerprint density at radius 3 is 2.32 bits per heavy atom. The molecule has 0 saturated heterocycles. The molecule has 1 aromatic carbocycles. The highest BCUT2D eigenvalue weighted by Crippen LogP contribution is 2.36. The van der Waals surface area contributed by atoms with E-state index in [0.717, 1.165) is 6.92 Å². The lowest BCUT2D eigenvalue weighted by Gasteiger charge is -2.27. The molecule has 7 nitrogen and oxygen atoms in total. The van der Waals surface area contributed by atoms with Crippen LogP contribution in [0.3, 0.4) is 0 Å². The minimum atomic E-state index is -4.71. The number of nitrogens with two attached hydrogens (primary N) is 1. The minimum absolute atomic E-state index is 0.143. The quantitative estimate of drug-likeness (QED) is 0.170. The molecule has 1 heterocycles. The highest BCUT2D eigenvalue weighted by Gasteiger charge is 2.38. The smallest absolute Gasteiger partial charge is 0.387 e. The van der Waals surface area contributed by atoms with Gasteiger partial charge in [0.2, 0.25) is 0 Å². The van der Waals surface area contributed by atoms with E-state index < -0.39 is 80.3 Å². The molecule has 14 heteroatoms. The van der Waals surface area contributed by atoms with E-state index >= 15 is 4.39 Å². The van der Waals surface area contributed by atoms with Gasteiger partial charge in [0.25, 0.3) is 5.91 Å². The fourth-order valence-corrected chi connectivity index (χ4v) is 3.55. The first-order valence-corrected chi connectivity index (χ1v) is 10.8. The number of nitrogens with one attached hydrogen (secondary N) is 1. The largest absolute Gasteiger partial charge is 0.417 e. The Morgan fingerprint density at radius 1 is 1.24 bits per heavy atom. The Morgan fingerprint density at radius 2 is 1.85 bits per heavy atom. The molecule has 0 aliphatic heterocycles. The molecular formula is C20H20F6N4O3S. The summed E-state index contributed by atoms with van der Waals surface area (Å²) in [4.78, 5) is 19.7. The van der Waals surface area contributed by atoms with Gasteiger partial charge in [-0.25, -0.2) is 17.4 Å². The third-order valence-corrected chi connectivity index (χ3v) is 5.45. The van der Waals surface area contributed by atoms with Crippen LogP contribution in [-0.2, 0) is 22.8 Å². The molecule has 1 unspecified atom stereocenters. The van der Waals surface area contributed by atoms with Crippen molar-refractivity contribution in [3.63, 3.8) is 0 Å². The van der Waals surface area contributed by atoms with Crippen molar-refractivity contribution in [2.45, 2.75) is 32.5 Å². The first-order valence-electron chi connectivity index (χ1n) is 9.52. The molecule has 2 aromatic rings. The highest BCUT2D eigenvalue weighted by atomic mass is 32.2. The van der Waals surface area contributed by atoms with Gasteiger partial charge in [0.1, 0.15) is 11.2 Å². The molecule has 0 radical (unpaired) electrons. The van der Waals surface area contributed by atoms with Gasteiger partial charge in [0.15, 0.2) is 28.5 Å². The standard InChI is InChI=1S/C20H20F6N4O3S/c1-9(2)17(27)30-19(3,8-34(32)33)14-15(22)11(21)6-13(16(14)23)29-18(31)12-5-4-10(7-28-12)20(24,25)26/h4-7,9H,8H2,1-3H3,(H2,27,30)(H,29,31)(H,32,33)/t19-/m0/s1. The molecule has 186 valence electrons. The van der Waals surface area contributed by atoms with Crippen LogP contribution in [0, 0.1) is 23.4 Å². The fraction of sp³-hybridized carbons (Fsp3) is 0.350. The van der Waals surface area contributed by atoms with E-state index in [1.807, 2.05) is 5.32 Å². The summed E-state index contributed by atoms with van der Waals surface area (Å²) in [5.74, 6) is -7.54. The number of nitrogens with zero attached hydrogens (tertiary/aromatic N) is 2. The summed E-state index contributed by atoms with van der Waals surface area (Å²) in [6.45, 7) is 4.24. The predicted molar refractivity (Wildman–Crippen MR) is 113 cm³/mol. The van der Waals surface area contributed by atoms with Crippen molar-refractivity contribution in [3.8, 4) is 0 Å². The third-order valence-electron chi connectivity index (χ3n) is 4.64. The van der Waals surface area contributed by atoms with E-state index in [1.165, 1.54) is 0 Å². The first-order chi connectivity index (χ1) is 15.6. The lowest BCUT2D eigenvalue weighted by atomic mass is 9.92. The fourth-order valence-electron chi connectivity index (χ4n) is 2.86. The van der Waals surface area contributed by atoms with Crippen LogP contribution in [0.5, 0.6) is 0 Å². The summed E-state index contributed by atoms with van der Waals surface area (Å²) in [5, 5.41) is 1.91. The van der Waals surface area contributed by atoms with Gasteiger partial charge < -0.3 is 15.6 Å². The number of hydrogen-bond donors (Lipinski definition) is 3. The zero-order valence-electron chi connectivity index (χ0n) is 18.0. The molecule has 0 saturated carbocycles. The number of carbonyl (C=O) groups excluding carboxylic acids is 1. The normalized spacial score (nSPS) is 15.2. The molecule has 0 spiro atoms. The topological polar surface area (TPSA) is 118 Å². The summed E-state index contributed by atoms with van der Waals surface area (Å²) in [6.07, 6.45) is -4.34. The number of amidine groups is 1. The average molecular weight is 510 g/mol. The van der Waals surface area contributed by atoms with E-state index in [-0.39, 0.29) is 5.84 Å². The van der Waals surface area contributed by atoms with Crippen molar-refractivity contribution in [2.75, 3.05) is 11.1 Å². The van der Waals surface area contributed by atoms with E-state index in [1.54, 1.807) is 13.8 Å². The molecular weight excluding hydrogens is 490 g/mol. The van der Waals surface area contributed by atoms with Crippen LogP contribution in [0.4, 0.5) is 32.0 Å². The monoisotopic (exact) mass is 510 g/mol. The van der Waals surface area contributed by atoms with Gasteiger partial charge in [0, 0.05) is 18.2 Å². The number of amides is 1. The van der Waals surface area contributed by atoms with Crippen molar-refractivity contribution in [3.05, 3.63) is 58.7 Å². The number of aliphatic imine (C=N–C) groups is 1. The second-order valence-electron chi connectivity index (χ2n) is 7.72. The van der Waals surface area contributed by atoms with Crippen LogP contribution in [0.15, 0.2) is 29.4 Å². The van der Waals surface area contributed by atoms with Crippen LogP contribution < -0.4 is 11.1 Å². The molecule has 1 aromatic heterocycles. The van der Waals surface area contributed by atoms with Gasteiger partial charge in [-0.3, -0.25) is 14.8 Å². The zero-order chi connectivity index (χ0) is 26.0. The van der Waals surface area contributed by atoms with Gasteiger partial charge in [-0.1, -0.05) is 13.8 Å². The molecule has 0 aliphatic carbocycles. The maximum atomic E-state index is 15.3. The van der Waals surface area contributed by atoms with Crippen molar-refractivity contribution >= 4 is 28.5 Å². The average Bonchev–Trinajstić information content (AvgIpc) is 2.70. The van der Waals surface area contributed by atoms with E-state index in [9.17, 15) is 35.5 Å². The number of rotatable bonds is 7. The molecule has 1 amide bonds. The molecule has 0 bridgehead atoms. The van der Waals surface area contributed by atoms with Gasteiger partial charge in [-0.05, 0) is 19.1 Å².